The summed E-state index contributed by atoms with van der Waals surface area (Å²) in [6, 6.07) is 0. The van der Waals surface area contributed by atoms with Crippen molar-refractivity contribution < 1.29 is 24.1 Å². The van der Waals surface area contributed by atoms with Crippen molar-refractivity contribution in [2.24, 2.45) is 0 Å². The highest BCUT2D eigenvalue weighted by atomic mass is 16.6. The van der Waals surface area contributed by atoms with Gasteiger partial charge in [0.1, 0.15) is 0 Å². The number of ether oxygens (including phenoxy) is 4. The van der Waals surface area contributed by atoms with Gasteiger partial charge in [0.15, 0.2) is 0 Å². The lowest BCUT2D eigenvalue weighted by Gasteiger charge is -2.20. The van der Waals surface area contributed by atoms with Crippen LogP contribution in [-0.2, 0) is 18.9 Å². The van der Waals surface area contributed by atoms with Crippen molar-refractivity contribution in [3.05, 3.63) is 0 Å². The van der Waals surface area contributed by atoms with Crippen LogP contribution in [0.1, 0.15) is 34.1 Å². The molecule has 19 heavy (non-hydrogen) atoms. The molecule has 116 valence electrons. The molecule has 0 aliphatic heterocycles. The first-order valence-corrected chi connectivity index (χ1v) is 6.91. The maximum Gasteiger partial charge on any atom is 0.0824 e. The summed E-state index contributed by atoms with van der Waals surface area (Å²) < 4.78 is 21.6. The SMILES string of the molecule is CCC(COC(C)COC)OCCOCC(C)(C)O. The van der Waals surface area contributed by atoms with E-state index < -0.39 is 5.60 Å². The molecular weight excluding hydrogens is 248 g/mol. The molecule has 0 fully saturated rings. The molecule has 1 N–H and O–H groups in total. The standard InChI is InChI=1S/C14H30O5/c1-6-13(10-19-12(2)9-16-5)18-8-7-17-11-14(3,4)15/h12-13,15H,6-11H2,1-5H3. The average molecular weight is 278 g/mol. The summed E-state index contributed by atoms with van der Waals surface area (Å²) in [5.41, 5.74) is -0.789. The second kappa shape index (κ2) is 10.6. The third-order valence-corrected chi connectivity index (χ3v) is 2.46. The molecule has 2 unspecified atom stereocenters. The van der Waals surface area contributed by atoms with Gasteiger partial charge in [-0.1, -0.05) is 6.92 Å². The Hall–Kier alpha value is -0.200. The van der Waals surface area contributed by atoms with E-state index in [4.69, 9.17) is 18.9 Å². The highest BCUT2D eigenvalue weighted by Gasteiger charge is 2.13. The summed E-state index contributed by atoms with van der Waals surface area (Å²) >= 11 is 0. The Labute approximate surface area is 117 Å². The van der Waals surface area contributed by atoms with Gasteiger partial charge < -0.3 is 24.1 Å². The van der Waals surface area contributed by atoms with Crippen LogP contribution in [0.15, 0.2) is 0 Å². The van der Waals surface area contributed by atoms with E-state index in [-0.39, 0.29) is 12.2 Å². The minimum atomic E-state index is -0.789. The number of rotatable bonds is 12. The normalized spacial score (nSPS) is 15.5. The highest BCUT2D eigenvalue weighted by molar-refractivity contribution is 4.62. The van der Waals surface area contributed by atoms with E-state index in [1.807, 2.05) is 6.92 Å². The number of aliphatic hydroxyl groups is 1. The summed E-state index contributed by atoms with van der Waals surface area (Å²) in [6.45, 7) is 9.92. The molecule has 0 aromatic rings. The third kappa shape index (κ3) is 12.6. The molecule has 0 saturated carbocycles. The molecular formula is C14H30O5. The van der Waals surface area contributed by atoms with Crippen molar-refractivity contribution in [1.29, 1.82) is 0 Å². The van der Waals surface area contributed by atoms with Crippen LogP contribution in [0.25, 0.3) is 0 Å². The van der Waals surface area contributed by atoms with E-state index in [9.17, 15) is 5.11 Å². The molecule has 0 spiro atoms. The van der Waals surface area contributed by atoms with Crippen LogP contribution in [0.2, 0.25) is 0 Å². The molecule has 0 heterocycles. The van der Waals surface area contributed by atoms with E-state index in [1.54, 1.807) is 21.0 Å². The Morgan fingerprint density at radius 3 is 2.32 bits per heavy atom. The largest absolute Gasteiger partial charge is 0.388 e. The van der Waals surface area contributed by atoms with Crippen LogP contribution in [0.5, 0.6) is 0 Å². The number of hydrogen-bond donors (Lipinski definition) is 1. The van der Waals surface area contributed by atoms with Gasteiger partial charge in [-0.2, -0.15) is 0 Å². The maximum absolute atomic E-state index is 9.47. The lowest BCUT2D eigenvalue weighted by Crippen LogP contribution is -2.28. The van der Waals surface area contributed by atoms with Gasteiger partial charge in [-0.05, 0) is 27.2 Å². The van der Waals surface area contributed by atoms with E-state index >= 15 is 0 Å². The van der Waals surface area contributed by atoms with Crippen molar-refractivity contribution in [2.75, 3.05) is 40.1 Å². The van der Waals surface area contributed by atoms with Crippen LogP contribution in [-0.4, -0.2) is 63.1 Å². The van der Waals surface area contributed by atoms with Crippen LogP contribution < -0.4 is 0 Å². The molecule has 0 rings (SSSR count). The van der Waals surface area contributed by atoms with Gasteiger partial charge in [0, 0.05) is 7.11 Å². The first-order valence-electron chi connectivity index (χ1n) is 6.91. The van der Waals surface area contributed by atoms with Crippen molar-refractivity contribution >= 4 is 0 Å². The summed E-state index contributed by atoms with van der Waals surface area (Å²) in [5, 5.41) is 9.47. The molecule has 2 atom stereocenters. The Balaban J connectivity index is 3.59. The zero-order chi connectivity index (χ0) is 14.7. The van der Waals surface area contributed by atoms with Gasteiger partial charge in [0.25, 0.3) is 0 Å². The van der Waals surface area contributed by atoms with Crippen molar-refractivity contribution in [2.45, 2.75) is 51.9 Å². The predicted molar refractivity (Wildman–Crippen MR) is 74.4 cm³/mol. The van der Waals surface area contributed by atoms with Crippen molar-refractivity contribution in [1.82, 2.24) is 0 Å². The molecule has 5 nitrogen and oxygen atoms in total. The zero-order valence-corrected chi connectivity index (χ0v) is 13.0. The average Bonchev–Trinajstić information content (AvgIpc) is 2.31. The smallest absolute Gasteiger partial charge is 0.0824 e. The number of hydrogen-bond acceptors (Lipinski definition) is 5. The summed E-state index contributed by atoms with van der Waals surface area (Å²) in [5.74, 6) is 0. The van der Waals surface area contributed by atoms with E-state index in [0.29, 0.717) is 33.0 Å². The van der Waals surface area contributed by atoms with Gasteiger partial charge in [0.05, 0.1) is 50.8 Å². The summed E-state index contributed by atoms with van der Waals surface area (Å²) in [7, 11) is 1.66. The Morgan fingerprint density at radius 1 is 1.11 bits per heavy atom. The van der Waals surface area contributed by atoms with Crippen molar-refractivity contribution in [3.8, 4) is 0 Å². The fraction of sp³-hybridized carbons (Fsp3) is 1.00. The molecule has 0 amide bonds. The Morgan fingerprint density at radius 2 is 1.79 bits per heavy atom. The first kappa shape index (κ1) is 18.8. The second-order valence-electron chi connectivity index (χ2n) is 5.37. The lowest BCUT2D eigenvalue weighted by atomic mass is 10.2. The fourth-order valence-corrected chi connectivity index (χ4v) is 1.43. The van der Waals surface area contributed by atoms with Crippen LogP contribution in [0.3, 0.4) is 0 Å². The second-order valence-corrected chi connectivity index (χ2v) is 5.37. The topological polar surface area (TPSA) is 57.2 Å². The maximum atomic E-state index is 9.47. The Kier molecular flexibility index (Phi) is 10.5. The van der Waals surface area contributed by atoms with Gasteiger partial charge in [-0.25, -0.2) is 0 Å². The molecule has 0 bridgehead atoms. The molecule has 5 heteroatoms. The summed E-state index contributed by atoms with van der Waals surface area (Å²) in [6.07, 6.45) is 1.05. The molecule has 0 radical (unpaired) electrons. The van der Waals surface area contributed by atoms with Crippen molar-refractivity contribution in [3.63, 3.8) is 0 Å². The van der Waals surface area contributed by atoms with Crippen LogP contribution in [0, 0.1) is 0 Å². The summed E-state index contributed by atoms with van der Waals surface area (Å²) in [4.78, 5) is 0. The van der Waals surface area contributed by atoms with Gasteiger partial charge >= 0.3 is 0 Å². The molecule has 0 aliphatic carbocycles. The van der Waals surface area contributed by atoms with Crippen LogP contribution >= 0.6 is 0 Å². The van der Waals surface area contributed by atoms with Crippen LogP contribution in [0.4, 0.5) is 0 Å². The van der Waals surface area contributed by atoms with E-state index in [1.165, 1.54) is 0 Å². The quantitative estimate of drug-likeness (QED) is 0.550. The molecule has 0 saturated heterocycles. The Bertz CT molecular complexity index is 203. The highest BCUT2D eigenvalue weighted by Crippen LogP contribution is 2.03. The van der Waals surface area contributed by atoms with Gasteiger partial charge in [-0.3, -0.25) is 0 Å². The molecule has 0 aromatic carbocycles. The predicted octanol–water partition coefficient (Wildman–Crippen LogP) is 1.62. The van der Waals surface area contributed by atoms with E-state index in [0.717, 1.165) is 6.42 Å². The van der Waals surface area contributed by atoms with Gasteiger partial charge in [-0.15, -0.1) is 0 Å². The lowest BCUT2D eigenvalue weighted by molar-refractivity contribution is -0.0796. The van der Waals surface area contributed by atoms with Gasteiger partial charge in [0.2, 0.25) is 0 Å². The van der Waals surface area contributed by atoms with E-state index in [2.05, 4.69) is 6.92 Å². The first-order chi connectivity index (χ1) is 8.89. The number of methoxy groups -OCH3 is 1. The zero-order valence-electron chi connectivity index (χ0n) is 13.0. The fourth-order valence-electron chi connectivity index (χ4n) is 1.43. The third-order valence-electron chi connectivity index (χ3n) is 2.46. The minimum Gasteiger partial charge on any atom is -0.388 e. The molecule has 0 aliphatic rings. The minimum absolute atomic E-state index is 0.0741. The molecule has 0 aromatic heterocycles. The monoisotopic (exact) mass is 278 g/mol.